The SMILES string of the molecule is Brc1ccc(CN2CCNCC2)c(Br)c1. The fourth-order valence-electron chi connectivity index (χ4n) is 1.76. The first-order chi connectivity index (χ1) is 7.25. The van der Waals surface area contributed by atoms with Crippen molar-refractivity contribution in [1.29, 1.82) is 0 Å². The van der Waals surface area contributed by atoms with Gasteiger partial charge in [0.2, 0.25) is 0 Å². The molecule has 1 heterocycles. The summed E-state index contributed by atoms with van der Waals surface area (Å²) < 4.78 is 2.31. The molecule has 1 saturated heterocycles. The Kier molecular flexibility index (Phi) is 4.20. The van der Waals surface area contributed by atoms with Gasteiger partial charge >= 0.3 is 0 Å². The Bertz CT molecular complexity index is 335. The van der Waals surface area contributed by atoms with E-state index in [1.807, 2.05) is 0 Å². The second-order valence-electron chi connectivity index (χ2n) is 3.76. The van der Waals surface area contributed by atoms with E-state index < -0.39 is 0 Å². The van der Waals surface area contributed by atoms with Crippen LogP contribution in [0.25, 0.3) is 0 Å². The summed E-state index contributed by atoms with van der Waals surface area (Å²) in [7, 11) is 0. The fourth-order valence-corrected chi connectivity index (χ4v) is 2.93. The first kappa shape index (κ1) is 11.6. The van der Waals surface area contributed by atoms with E-state index in [0.29, 0.717) is 0 Å². The van der Waals surface area contributed by atoms with E-state index in [-0.39, 0.29) is 0 Å². The van der Waals surface area contributed by atoms with Gasteiger partial charge in [0.25, 0.3) is 0 Å². The van der Waals surface area contributed by atoms with Crippen LogP contribution in [0.4, 0.5) is 0 Å². The summed E-state index contributed by atoms with van der Waals surface area (Å²) in [6, 6.07) is 6.38. The number of halogens is 2. The fraction of sp³-hybridized carbons (Fsp3) is 0.455. The third-order valence-corrected chi connectivity index (χ3v) is 3.85. The Morgan fingerprint density at radius 2 is 1.93 bits per heavy atom. The third kappa shape index (κ3) is 3.28. The molecule has 1 fully saturated rings. The van der Waals surface area contributed by atoms with Crippen molar-refractivity contribution in [3.8, 4) is 0 Å². The zero-order chi connectivity index (χ0) is 10.7. The number of hydrogen-bond acceptors (Lipinski definition) is 2. The number of rotatable bonds is 2. The molecule has 4 heteroatoms. The maximum absolute atomic E-state index is 3.60. The Morgan fingerprint density at radius 3 is 2.60 bits per heavy atom. The Morgan fingerprint density at radius 1 is 1.20 bits per heavy atom. The second kappa shape index (κ2) is 5.43. The maximum atomic E-state index is 3.60. The summed E-state index contributed by atoms with van der Waals surface area (Å²) in [6.45, 7) is 5.53. The maximum Gasteiger partial charge on any atom is 0.0246 e. The van der Waals surface area contributed by atoms with Crippen LogP contribution in [-0.2, 0) is 6.54 Å². The molecule has 0 aliphatic carbocycles. The topological polar surface area (TPSA) is 15.3 Å². The Hall–Kier alpha value is 0.1000. The van der Waals surface area contributed by atoms with Crippen LogP contribution in [0.2, 0.25) is 0 Å². The minimum Gasteiger partial charge on any atom is -0.314 e. The lowest BCUT2D eigenvalue weighted by atomic mass is 10.2. The predicted octanol–water partition coefficient (Wildman–Crippen LogP) is 2.62. The van der Waals surface area contributed by atoms with E-state index in [1.165, 1.54) is 10.0 Å². The van der Waals surface area contributed by atoms with Crippen LogP contribution in [0.3, 0.4) is 0 Å². The van der Waals surface area contributed by atoms with Gasteiger partial charge in [-0.25, -0.2) is 0 Å². The molecule has 0 radical (unpaired) electrons. The summed E-state index contributed by atoms with van der Waals surface area (Å²) >= 11 is 7.07. The molecule has 0 amide bonds. The first-order valence-corrected chi connectivity index (χ1v) is 6.71. The lowest BCUT2D eigenvalue weighted by Gasteiger charge is -2.27. The molecule has 1 N–H and O–H groups in total. The summed E-state index contributed by atoms with van der Waals surface area (Å²) in [5.41, 5.74) is 1.36. The van der Waals surface area contributed by atoms with E-state index in [1.54, 1.807) is 0 Å². The van der Waals surface area contributed by atoms with Gasteiger partial charge in [-0.1, -0.05) is 37.9 Å². The standard InChI is InChI=1S/C11H14Br2N2/c12-10-2-1-9(11(13)7-10)8-15-5-3-14-4-6-15/h1-2,7,14H,3-6,8H2. The monoisotopic (exact) mass is 332 g/mol. The molecule has 15 heavy (non-hydrogen) atoms. The van der Waals surface area contributed by atoms with Crippen molar-refractivity contribution in [3.63, 3.8) is 0 Å². The van der Waals surface area contributed by atoms with Crippen molar-refractivity contribution in [2.45, 2.75) is 6.54 Å². The van der Waals surface area contributed by atoms with Crippen molar-refractivity contribution in [3.05, 3.63) is 32.7 Å². The Balaban J connectivity index is 2.03. The van der Waals surface area contributed by atoms with Gasteiger partial charge in [0.15, 0.2) is 0 Å². The quantitative estimate of drug-likeness (QED) is 0.895. The zero-order valence-electron chi connectivity index (χ0n) is 8.47. The normalized spacial score (nSPS) is 18.0. The average molecular weight is 334 g/mol. The van der Waals surface area contributed by atoms with E-state index in [2.05, 4.69) is 60.3 Å². The number of nitrogens with one attached hydrogen (secondary N) is 1. The molecule has 2 rings (SSSR count). The van der Waals surface area contributed by atoms with Crippen LogP contribution >= 0.6 is 31.9 Å². The predicted molar refractivity (Wildman–Crippen MR) is 70.0 cm³/mol. The highest BCUT2D eigenvalue weighted by Gasteiger charge is 2.11. The molecule has 82 valence electrons. The number of piperazine rings is 1. The average Bonchev–Trinajstić information content (AvgIpc) is 2.24. The van der Waals surface area contributed by atoms with Gasteiger partial charge < -0.3 is 5.32 Å². The van der Waals surface area contributed by atoms with Gasteiger partial charge in [-0.2, -0.15) is 0 Å². The highest BCUT2D eigenvalue weighted by Crippen LogP contribution is 2.23. The largest absolute Gasteiger partial charge is 0.314 e. The molecule has 0 atom stereocenters. The van der Waals surface area contributed by atoms with Crippen LogP contribution < -0.4 is 5.32 Å². The molecule has 1 aromatic carbocycles. The van der Waals surface area contributed by atoms with Crippen molar-refractivity contribution in [2.24, 2.45) is 0 Å². The molecule has 1 aromatic rings. The molecule has 0 aromatic heterocycles. The highest BCUT2D eigenvalue weighted by molar-refractivity contribution is 9.11. The van der Waals surface area contributed by atoms with E-state index >= 15 is 0 Å². The molecule has 0 unspecified atom stereocenters. The molecule has 1 aliphatic rings. The summed E-state index contributed by atoms with van der Waals surface area (Å²) in [6.07, 6.45) is 0. The first-order valence-electron chi connectivity index (χ1n) is 5.13. The van der Waals surface area contributed by atoms with E-state index in [9.17, 15) is 0 Å². The smallest absolute Gasteiger partial charge is 0.0246 e. The molecule has 0 saturated carbocycles. The molecule has 2 nitrogen and oxygen atoms in total. The van der Waals surface area contributed by atoms with E-state index in [4.69, 9.17) is 0 Å². The Labute approximate surface area is 107 Å². The minimum atomic E-state index is 1.04. The number of nitrogens with zero attached hydrogens (tertiary/aromatic N) is 1. The van der Waals surface area contributed by atoms with Gasteiger partial charge in [-0.15, -0.1) is 0 Å². The van der Waals surface area contributed by atoms with Gasteiger partial charge in [-0.05, 0) is 17.7 Å². The van der Waals surface area contributed by atoms with Crippen molar-refractivity contribution < 1.29 is 0 Å². The van der Waals surface area contributed by atoms with Crippen molar-refractivity contribution in [2.75, 3.05) is 26.2 Å². The summed E-state index contributed by atoms with van der Waals surface area (Å²) in [5.74, 6) is 0. The van der Waals surface area contributed by atoms with Crippen LogP contribution in [0.15, 0.2) is 27.1 Å². The summed E-state index contributed by atoms with van der Waals surface area (Å²) in [4.78, 5) is 2.48. The second-order valence-corrected chi connectivity index (χ2v) is 5.53. The van der Waals surface area contributed by atoms with Crippen molar-refractivity contribution >= 4 is 31.9 Å². The number of hydrogen-bond donors (Lipinski definition) is 1. The van der Waals surface area contributed by atoms with E-state index in [0.717, 1.165) is 37.2 Å². The summed E-state index contributed by atoms with van der Waals surface area (Å²) in [5, 5.41) is 3.36. The number of benzene rings is 1. The van der Waals surface area contributed by atoms with Gasteiger partial charge in [-0.3, -0.25) is 4.90 Å². The molecule has 1 aliphatic heterocycles. The molecular weight excluding hydrogens is 320 g/mol. The highest BCUT2D eigenvalue weighted by atomic mass is 79.9. The van der Waals surface area contributed by atoms with Crippen LogP contribution in [0.5, 0.6) is 0 Å². The lowest BCUT2D eigenvalue weighted by Crippen LogP contribution is -2.42. The van der Waals surface area contributed by atoms with Crippen LogP contribution in [0.1, 0.15) is 5.56 Å². The van der Waals surface area contributed by atoms with Gasteiger partial charge in [0, 0.05) is 41.7 Å². The van der Waals surface area contributed by atoms with Gasteiger partial charge in [0.05, 0.1) is 0 Å². The van der Waals surface area contributed by atoms with Crippen molar-refractivity contribution in [1.82, 2.24) is 10.2 Å². The molecular formula is C11H14Br2N2. The third-order valence-electron chi connectivity index (χ3n) is 2.62. The van der Waals surface area contributed by atoms with Gasteiger partial charge in [0.1, 0.15) is 0 Å². The zero-order valence-corrected chi connectivity index (χ0v) is 11.6. The lowest BCUT2D eigenvalue weighted by molar-refractivity contribution is 0.233. The minimum absolute atomic E-state index is 1.04. The molecule has 0 bridgehead atoms. The van der Waals surface area contributed by atoms with Crippen LogP contribution in [-0.4, -0.2) is 31.1 Å². The van der Waals surface area contributed by atoms with Crippen LogP contribution in [0, 0.1) is 0 Å². The molecule has 0 spiro atoms.